The molecule has 3 fully saturated rings. The minimum atomic E-state index is -0.137. The minimum Gasteiger partial charge on any atom is -0.462 e. The smallest absolute Gasteiger partial charge is 0.336 e. The quantitative estimate of drug-likeness (QED) is 0.239. The number of aryl methyl sites for hydroxylation is 1. The van der Waals surface area contributed by atoms with Crippen LogP contribution >= 0.6 is 18.2 Å². The Morgan fingerprint density at radius 1 is 1.23 bits per heavy atom. The van der Waals surface area contributed by atoms with E-state index in [2.05, 4.69) is 54.7 Å². The van der Waals surface area contributed by atoms with E-state index in [9.17, 15) is 4.79 Å². The van der Waals surface area contributed by atoms with Crippen molar-refractivity contribution in [3.8, 4) is 0 Å². The highest BCUT2D eigenvalue weighted by atomic mass is 31.1. The second-order valence-electron chi connectivity index (χ2n) is 8.73. The monoisotopic (exact) mass is 462 g/mol. The van der Waals surface area contributed by atoms with Gasteiger partial charge in [-0.2, -0.15) is 0 Å². The molecule has 0 aromatic heterocycles. The number of fused-ring (bicyclic) bond motifs is 1. The molecule has 1 saturated carbocycles. The van der Waals surface area contributed by atoms with Crippen molar-refractivity contribution in [3.63, 3.8) is 0 Å². The summed E-state index contributed by atoms with van der Waals surface area (Å²) < 4.78 is 23.9. The number of carbonyl (C=O) groups is 1. The summed E-state index contributed by atoms with van der Waals surface area (Å²) in [6.07, 6.45) is 10.5. The van der Waals surface area contributed by atoms with Gasteiger partial charge in [0.15, 0.2) is 6.29 Å². The van der Waals surface area contributed by atoms with Gasteiger partial charge in [0.2, 0.25) is 0 Å². The predicted octanol–water partition coefficient (Wildman–Crippen LogP) is 4.16. The highest BCUT2D eigenvalue weighted by Gasteiger charge is 2.49. The third-order valence-electron chi connectivity index (χ3n) is 6.46. The van der Waals surface area contributed by atoms with Crippen molar-refractivity contribution in [2.24, 2.45) is 11.8 Å². The van der Waals surface area contributed by atoms with Crippen LogP contribution in [0, 0.1) is 11.8 Å². The zero-order valence-electron chi connectivity index (χ0n) is 17.9. The third kappa shape index (κ3) is 6.62. The molecule has 0 bridgehead atoms. The highest BCUT2D eigenvalue weighted by molar-refractivity contribution is 7.92. The molecule has 0 amide bonds. The van der Waals surface area contributed by atoms with Gasteiger partial charge >= 0.3 is 12.3 Å². The summed E-state index contributed by atoms with van der Waals surface area (Å²) in [4.78, 5) is 11.9. The number of rotatable bonds is 9. The summed E-state index contributed by atoms with van der Waals surface area (Å²) in [6.45, 7) is 0.769. The Morgan fingerprint density at radius 3 is 2.81 bits per heavy atom. The van der Waals surface area contributed by atoms with Crippen LogP contribution in [0.2, 0.25) is 0 Å². The molecule has 8 heteroatoms. The first-order valence-corrected chi connectivity index (χ1v) is 12.8. The number of esters is 1. The molecule has 8 atom stereocenters. The Labute approximate surface area is 190 Å². The summed E-state index contributed by atoms with van der Waals surface area (Å²) >= 11 is 0. The van der Waals surface area contributed by atoms with Crippen LogP contribution in [0.3, 0.4) is 0 Å². The lowest BCUT2D eigenvalue weighted by Gasteiger charge is -2.27. The molecule has 0 radical (unpaired) electrons. The van der Waals surface area contributed by atoms with Crippen LogP contribution in [0.15, 0.2) is 42.5 Å². The molecule has 0 spiro atoms. The molecule has 0 N–H and O–H groups in total. The summed E-state index contributed by atoms with van der Waals surface area (Å²) in [6, 6.07) is 10.5. The van der Waals surface area contributed by atoms with Gasteiger partial charge in [0.1, 0.15) is 6.10 Å². The first kappa shape index (κ1) is 23.4. The zero-order valence-corrected chi connectivity index (χ0v) is 20.2. The first-order valence-electron chi connectivity index (χ1n) is 11.4. The molecule has 2 aliphatic heterocycles. The number of carbonyl (C=O) groups excluding carboxylic acids is 1. The van der Waals surface area contributed by atoms with E-state index in [-0.39, 0.29) is 48.8 Å². The second kappa shape index (κ2) is 11.4. The van der Waals surface area contributed by atoms with E-state index in [1.165, 1.54) is 5.56 Å². The van der Waals surface area contributed by atoms with E-state index >= 15 is 0 Å². The van der Waals surface area contributed by atoms with Crippen LogP contribution in [-0.4, -0.2) is 43.5 Å². The number of benzene rings is 1. The summed E-state index contributed by atoms with van der Waals surface area (Å²) in [5.74, 6) is 0.242. The van der Waals surface area contributed by atoms with Crippen LogP contribution in [-0.2, 0) is 30.1 Å². The minimum absolute atomic E-state index is 0.0174. The SMILES string of the molecule is O=C1C[C@@H]2[C@@H](C=C[C@H](CCc3ccccc3)OC3CCCCO3)[C@H](OB(P)P)C[C@@H]2O1. The highest BCUT2D eigenvalue weighted by Crippen LogP contribution is 2.44. The van der Waals surface area contributed by atoms with E-state index < -0.39 is 0 Å². The Kier molecular flexibility index (Phi) is 8.60. The summed E-state index contributed by atoms with van der Waals surface area (Å²) in [5, 5.41) is 0. The predicted molar refractivity (Wildman–Crippen MR) is 129 cm³/mol. The van der Waals surface area contributed by atoms with Crippen LogP contribution in [0.4, 0.5) is 0 Å². The lowest BCUT2D eigenvalue weighted by molar-refractivity contribution is -0.179. The van der Waals surface area contributed by atoms with Crippen molar-refractivity contribution in [1.82, 2.24) is 0 Å². The molecular weight excluding hydrogens is 429 g/mol. The van der Waals surface area contributed by atoms with Crippen LogP contribution in [0.1, 0.15) is 44.1 Å². The van der Waals surface area contributed by atoms with Gasteiger partial charge in [0.25, 0.3) is 0 Å². The average molecular weight is 462 g/mol. The van der Waals surface area contributed by atoms with Crippen molar-refractivity contribution in [3.05, 3.63) is 48.0 Å². The second-order valence-corrected chi connectivity index (χ2v) is 10.8. The van der Waals surface area contributed by atoms with Crippen LogP contribution in [0.25, 0.3) is 0 Å². The number of hydrogen-bond acceptors (Lipinski definition) is 5. The Bertz CT molecular complexity index is 741. The van der Waals surface area contributed by atoms with Gasteiger partial charge < -0.3 is 18.9 Å². The lowest BCUT2D eigenvalue weighted by Crippen LogP contribution is -2.28. The van der Waals surface area contributed by atoms with E-state index in [0.29, 0.717) is 6.42 Å². The maximum atomic E-state index is 11.9. The normalized spacial score (nSPS) is 31.5. The molecule has 1 aromatic carbocycles. The fourth-order valence-corrected chi connectivity index (χ4v) is 5.34. The van der Waals surface area contributed by atoms with E-state index in [4.69, 9.17) is 18.9 Å². The van der Waals surface area contributed by atoms with Gasteiger partial charge in [-0.25, -0.2) is 0 Å². The van der Waals surface area contributed by atoms with Gasteiger partial charge in [-0.15, -0.1) is 18.2 Å². The molecular formula is C23H33BO5P2. The fraction of sp³-hybridized carbons (Fsp3) is 0.609. The molecule has 2 heterocycles. The third-order valence-corrected chi connectivity index (χ3v) is 6.77. The van der Waals surface area contributed by atoms with Crippen molar-refractivity contribution in [2.45, 2.75) is 69.5 Å². The lowest BCUT2D eigenvalue weighted by atomic mass is 9.91. The first-order chi connectivity index (χ1) is 15.1. The van der Waals surface area contributed by atoms with Crippen molar-refractivity contribution >= 4 is 30.6 Å². The largest absolute Gasteiger partial charge is 0.462 e. The van der Waals surface area contributed by atoms with Gasteiger partial charge in [-0.3, -0.25) is 4.79 Å². The number of hydrogen-bond donors (Lipinski definition) is 0. The summed E-state index contributed by atoms with van der Waals surface area (Å²) in [7, 11) is 5.33. The molecule has 5 nitrogen and oxygen atoms in total. The molecule has 4 rings (SSSR count). The van der Waals surface area contributed by atoms with Crippen molar-refractivity contribution in [2.75, 3.05) is 6.61 Å². The molecule has 1 aromatic rings. The maximum Gasteiger partial charge on any atom is 0.336 e. The van der Waals surface area contributed by atoms with Gasteiger partial charge in [-0.1, -0.05) is 42.5 Å². The molecule has 31 heavy (non-hydrogen) atoms. The Morgan fingerprint density at radius 2 is 2.06 bits per heavy atom. The maximum absolute atomic E-state index is 11.9. The van der Waals surface area contributed by atoms with E-state index in [0.717, 1.165) is 45.1 Å². The Hall–Kier alpha value is -0.765. The molecule has 168 valence electrons. The van der Waals surface area contributed by atoms with Gasteiger partial charge in [0.05, 0.1) is 18.6 Å². The van der Waals surface area contributed by atoms with Crippen molar-refractivity contribution in [1.29, 1.82) is 0 Å². The topological polar surface area (TPSA) is 54.0 Å². The van der Waals surface area contributed by atoms with Crippen LogP contribution in [0.5, 0.6) is 0 Å². The molecule has 2 saturated heterocycles. The average Bonchev–Trinajstić information content (AvgIpc) is 3.26. The zero-order chi connectivity index (χ0) is 21.6. The summed E-state index contributed by atoms with van der Waals surface area (Å²) in [5.41, 5.74) is 1.31. The van der Waals surface area contributed by atoms with E-state index in [1.807, 2.05) is 6.07 Å². The van der Waals surface area contributed by atoms with Crippen LogP contribution < -0.4 is 0 Å². The Balaban J connectivity index is 1.45. The molecule has 3 aliphatic rings. The van der Waals surface area contributed by atoms with Gasteiger partial charge in [0, 0.05) is 24.9 Å². The fourth-order valence-electron chi connectivity index (χ4n) is 4.94. The number of ether oxygens (including phenoxy) is 3. The molecule has 3 unspecified atom stereocenters. The molecule has 1 aliphatic carbocycles. The standard InChI is InChI=1S/C23H33BO5P2/c25-22-14-19-18(21(29-24(30)31)15-20(19)28-22)12-11-17(27-23-8-4-5-13-26-23)10-9-16-6-2-1-3-7-16/h1-3,6-7,11-12,17-21,23H,4-5,8-10,13-15,30-31H2/t17-,18+,19+,20-,21+,23?/m0/s1. The van der Waals surface area contributed by atoms with E-state index in [1.54, 1.807) is 0 Å². The van der Waals surface area contributed by atoms with Crippen molar-refractivity contribution < 1.29 is 23.7 Å². The van der Waals surface area contributed by atoms with Gasteiger partial charge in [-0.05, 0) is 37.7 Å².